The van der Waals surface area contributed by atoms with E-state index in [1.54, 1.807) is 0 Å². The van der Waals surface area contributed by atoms with E-state index in [1.165, 1.54) is 5.56 Å². The van der Waals surface area contributed by atoms with Crippen LogP contribution in [-0.4, -0.2) is 11.1 Å². The molecule has 2 rings (SSSR count). The summed E-state index contributed by atoms with van der Waals surface area (Å²) in [6.45, 7) is 8.61. The van der Waals surface area contributed by atoms with E-state index in [1.807, 2.05) is 12.1 Å². The molecule has 92 valence electrons. The Morgan fingerprint density at radius 1 is 1.24 bits per heavy atom. The van der Waals surface area contributed by atoms with Gasteiger partial charge < -0.3 is 10.1 Å². The quantitative estimate of drug-likeness (QED) is 0.801. The van der Waals surface area contributed by atoms with Crippen molar-refractivity contribution in [2.75, 3.05) is 5.32 Å². The minimum absolute atomic E-state index is 0.0163. The van der Waals surface area contributed by atoms with Crippen molar-refractivity contribution in [1.82, 2.24) is 0 Å². The summed E-state index contributed by atoms with van der Waals surface area (Å²) in [5.74, 6) is 1.80. The van der Waals surface area contributed by atoms with Crippen molar-refractivity contribution < 1.29 is 4.74 Å². The summed E-state index contributed by atoms with van der Waals surface area (Å²) >= 11 is 5.35. The Labute approximate surface area is 108 Å². The number of anilines is 1. The van der Waals surface area contributed by atoms with Gasteiger partial charge in [-0.3, -0.25) is 0 Å². The van der Waals surface area contributed by atoms with Crippen molar-refractivity contribution >= 4 is 22.9 Å². The molecular weight excluding hydrogens is 230 g/mol. The highest BCUT2D eigenvalue weighted by molar-refractivity contribution is 7.80. The maximum Gasteiger partial charge on any atom is 0.151 e. The molecule has 1 aromatic carbocycles. The first-order valence-electron chi connectivity index (χ1n) is 6.11. The van der Waals surface area contributed by atoms with Gasteiger partial charge in [0, 0.05) is 0 Å². The molecule has 0 amide bonds. The van der Waals surface area contributed by atoms with Gasteiger partial charge in [-0.15, -0.1) is 0 Å². The number of para-hydroxylation sites is 1. The van der Waals surface area contributed by atoms with Gasteiger partial charge in [-0.25, -0.2) is 0 Å². The van der Waals surface area contributed by atoms with E-state index >= 15 is 0 Å². The van der Waals surface area contributed by atoms with E-state index in [0.717, 1.165) is 16.4 Å². The minimum Gasteiger partial charge on any atom is -0.481 e. The highest BCUT2D eigenvalue weighted by Crippen LogP contribution is 2.38. The summed E-state index contributed by atoms with van der Waals surface area (Å²) in [6.07, 6.45) is -0.0163. The van der Waals surface area contributed by atoms with Crippen LogP contribution in [0.2, 0.25) is 0 Å². The topological polar surface area (TPSA) is 21.3 Å². The number of hydrogen-bond donors (Lipinski definition) is 1. The number of benzene rings is 1. The van der Waals surface area contributed by atoms with Crippen LogP contribution in [0, 0.1) is 5.92 Å². The van der Waals surface area contributed by atoms with Gasteiger partial charge in [0.2, 0.25) is 0 Å². The van der Waals surface area contributed by atoms with Crippen LogP contribution < -0.4 is 10.1 Å². The number of ether oxygens (including phenoxy) is 1. The van der Waals surface area contributed by atoms with Crippen molar-refractivity contribution in [3.05, 3.63) is 23.8 Å². The third kappa shape index (κ3) is 2.29. The molecule has 1 aliphatic rings. The molecule has 1 aromatic rings. The summed E-state index contributed by atoms with van der Waals surface area (Å²) in [6, 6.07) is 6.18. The van der Waals surface area contributed by atoms with Crippen molar-refractivity contribution in [1.29, 1.82) is 0 Å². The Bertz CT molecular complexity index is 440. The zero-order valence-corrected chi connectivity index (χ0v) is 11.6. The maximum absolute atomic E-state index is 6.09. The Morgan fingerprint density at radius 3 is 2.53 bits per heavy atom. The molecule has 0 aromatic heterocycles. The molecule has 17 heavy (non-hydrogen) atoms. The summed E-state index contributed by atoms with van der Waals surface area (Å²) in [4.78, 5) is 0.786. The fourth-order valence-corrected chi connectivity index (χ4v) is 2.49. The Morgan fingerprint density at radius 2 is 1.94 bits per heavy atom. The van der Waals surface area contributed by atoms with Crippen molar-refractivity contribution in [2.24, 2.45) is 5.92 Å². The Balaban J connectivity index is 2.43. The van der Waals surface area contributed by atoms with Crippen LogP contribution >= 0.6 is 12.2 Å². The highest BCUT2D eigenvalue weighted by atomic mass is 32.1. The number of fused-ring (bicyclic) bond motifs is 1. The summed E-state index contributed by atoms with van der Waals surface area (Å²) < 4.78 is 6.09. The SMILES string of the molecule is CC(C)c1cccc2c1OC(C(C)C)C(=S)N2. The second-order valence-corrected chi connectivity index (χ2v) is 5.59. The Hall–Kier alpha value is -1.09. The van der Waals surface area contributed by atoms with Crippen LogP contribution in [0.1, 0.15) is 39.2 Å². The van der Waals surface area contributed by atoms with Crippen molar-refractivity contribution in [3.63, 3.8) is 0 Å². The molecule has 0 radical (unpaired) electrons. The molecular formula is C14H19NOS. The molecule has 0 spiro atoms. The van der Waals surface area contributed by atoms with E-state index in [0.29, 0.717) is 11.8 Å². The predicted octanol–water partition coefficient (Wildman–Crippen LogP) is 3.97. The van der Waals surface area contributed by atoms with Crippen molar-refractivity contribution in [3.8, 4) is 5.75 Å². The molecule has 1 N–H and O–H groups in total. The van der Waals surface area contributed by atoms with Gasteiger partial charge >= 0.3 is 0 Å². The van der Waals surface area contributed by atoms with Gasteiger partial charge in [0.25, 0.3) is 0 Å². The van der Waals surface area contributed by atoms with Crippen LogP contribution in [0.5, 0.6) is 5.75 Å². The molecule has 1 atom stereocenters. The summed E-state index contributed by atoms with van der Waals surface area (Å²) in [7, 11) is 0. The van der Waals surface area contributed by atoms with Gasteiger partial charge in [-0.05, 0) is 23.5 Å². The normalized spacial score (nSPS) is 18.9. The third-order valence-electron chi connectivity index (χ3n) is 3.03. The average Bonchev–Trinajstić information content (AvgIpc) is 2.26. The summed E-state index contributed by atoms with van der Waals surface area (Å²) in [5.41, 5.74) is 2.24. The minimum atomic E-state index is -0.0163. The Kier molecular flexibility index (Phi) is 3.38. The molecule has 0 bridgehead atoms. The largest absolute Gasteiger partial charge is 0.481 e. The molecule has 1 unspecified atom stereocenters. The number of thiocarbonyl (C=S) groups is 1. The number of hydrogen-bond acceptors (Lipinski definition) is 2. The fraction of sp³-hybridized carbons (Fsp3) is 0.500. The van der Waals surface area contributed by atoms with Gasteiger partial charge in [-0.2, -0.15) is 0 Å². The lowest BCUT2D eigenvalue weighted by Crippen LogP contribution is -2.39. The molecule has 1 heterocycles. The molecule has 3 heteroatoms. The van der Waals surface area contributed by atoms with Gasteiger partial charge in [0.15, 0.2) is 6.10 Å². The van der Waals surface area contributed by atoms with Crippen LogP contribution in [0.15, 0.2) is 18.2 Å². The monoisotopic (exact) mass is 249 g/mol. The smallest absolute Gasteiger partial charge is 0.151 e. The molecule has 0 aliphatic carbocycles. The van der Waals surface area contributed by atoms with E-state index < -0.39 is 0 Å². The zero-order valence-electron chi connectivity index (χ0n) is 10.8. The predicted molar refractivity (Wildman–Crippen MR) is 76.0 cm³/mol. The van der Waals surface area contributed by atoms with E-state index in [-0.39, 0.29) is 6.10 Å². The van der Waals surface area contributed by atoms with Crippen LogP contribution in [-0.2, 0) is 0 Å². The summed E-state index contributed by atoms with van der Waals surface area (Å²) in [5, 5.41) is 3.29. The van der Waals surface area contributed by atoms with Gasteiger partial charge in [0.05, 0.1) is 5.69 Å². The average molecular weight is 249 g/mol. The van der Waals surface area contributed by atoms with E-state index in [9.17, 15) is 0 Å². The molecule has 2 nitrogen and oxygen atoms in total. The zero-order chi connectivity index (χ0) is 12.6. The second kappa shape index (κ2) is 4.65. The lowest BCUT2D eigenvalue weighted by Gasteiger charge is -2.32. The van der Waals surface area contributed by atoms with Crippen molar-refractivity contribution in [2.45, 2.75) is 39.7 Å². The third-order valence-corrected chi connectivity index (χ3v) is 3.37. The number of rotatable bonds is 2. The van der Waals surface area contributed by atoms with Crippen LogP contribution in [0.25, 0.3) is 0 Å². The molecule has 0 fully saturated rings. The standard InChI is InChI=1S/C14H19NOS/c1-8(2)10-6-5-7-11-13(10)16-12(9(3)4)14(17)15-11/h5-9,12H,1-4H3,(H,15,17). The van der Waals surface area contributed by atoms with Gasteiger partial charge in [0.1, 0.15) is 10.7 Å². The van der Waals surface area contributed by atoms with Crippen LogP contribution in [0.3, 0.4) is 0 Å². The lowest BCUT2D eigenvalue weighted by atomic mass is 9.98. The van der Waals surface area contributed by atoms with Crippen LogP contribution in [0.4, 0.5) is 5.69 Å². The maximum atomic E-state index is 6.09. The molecule has 0 saturated carbocycles. The molecule has 0 saturated heterocycles. The second-order valence-electron chi connectivity index (χ2n) is 5.15. The highest BCUT2D eigenvalue weighted by Gasteiger charge is 2.28. The first-order valence-corrected chi connectivity index (χ1v) is 6.52. The van der Waals surface area contributed by atoms with E-state index in [4.69, 9.17) is 17.0 Å². The first kappa shape index (κ1) is 12.4. The van der Waals surface area contributed by atoms with E-state index in [2.05, 4.69) is 39.1 Å². The first-order chi connectivity index (χ1) is 8.00. The fourth-order valence-electron chi connectivity index (χ4n) is 2.06. The van der Waals surface area contributed by atoms with Gasteiger partial charge in [-0.1, -0.05) is 52.0 Å². The molecule has 1 aliphatic heterocycles. The number of nitrogens with one attached hydrogen (secondary N) is 1. The lowest BCUT2D eigenvalue weighted by molar-refractivity contribution is 0.212.